The minimum absolute atomic E-state index is 0.0458. The molecule has 0 amide bonds. The van der Waals surface area contributed by atoms with Gasteiger partial charge < -0.3 is 10.8 Å². The Balaban J connectivity index is 3.25. The highest BCUT2D eigenvalue weighted by Crippen LogP contribution is 2.32. The minimum atomic E-state index is -1.03. The number of halogens is 3. The van der Waals surface area contributed by atoms with Crippen LogP contribution < -0.4 is 5.73 Å². The number of rotatable bonds is 2. The van der Waals surface area contributed by atoms with Gasteiger partial charge in [-0.3, -0.25) is 0 Å². The molecule has 0 saturated heterocycles. The van der Waals surface area contributed by atoms with E-state index >= 15 is 0 Å². The van der Waals surface area contributed by atoms with Gasteiger partial charge in [-0.25, -0.2) is 4.39 Å². The van der Waals surface area contributed by atoms with Crippen molar-refractivity contribution in [3.05, 3.63) is 33.0 Å². The molecule has 1 atom stereocenters. The number of aliphatic hydroxyl groups is 1. The lowest BCUT2D eigenvalue weighted by Gasteiger charge is -2.12. The Hall–Kier alpha value is -0.160. The van der Waals surface area contributed by atoms with Gasteiger partial charge in [0.05, 0.1) is 11.1 Å². The maximum atomic E-state index is 13.2. The highest BCUT2D eigenvalue weighted by Gasteiger charge is 2.16. The zero-order chi connectivity index (χ0) is 10.0. The molecular formula is C8H8BrClFNO. The highest BCUT2D eigenvalue weighted by molar-refractivity contribution is 9.10. The summed E-state index contributed by atoms with van der Waals surface area (Å²) in [5.74, 6) is -0.519. The van der Waals surface area contributed by atoms with Crippen molar-refractivity contribution in [3.63, 3.8) is 0 Å². The molecule has 0 heterocycles. The van der Waals surface area contributed by atoms with Crippen LogP contribution in [0.3, 0.4) is 0 Å². The second kappa shape index (κ2) is 4.37. The standard InChI is InChI=1S/C8H8BrClFNO/c9-8-4(10)1-2-5(11)7(8)6(13)3-12/h1-2,6,13H,3,12H2. The first kappa shape index (κ1) is 10.9. The Bertz CT molecular complexity index is 321. The fourth-order valence-corrected chi connectivity index (χ4v) is 1.72. The molecule has 1 unspecified atom stereocenters. The van der Waals surface area contributed by atoms with Crippen LogP contribution in [0.15, 0.2) is 16.6 Å². The van der Waals surface area contributed by atoms with Crippen LogP contribution in [0.1, 0.15) is 11.7 Å². The monoisotopic (exact) mass is 267 g/mol. The van der Waals surface area contributed by atoms with Gasteiger partial charge in [-0.05, 0) is 28.1 Å². The van der Waals surface area contributed by atoms with Crippen molar-refractivity contribution in [1.82, 2.24) is 0 Å². The van der Waals surface area contributed by atoms with Gasteiger partial charge in [0.15, 0.2) is 0 Å². The molecule has 0 bridgehead atoms. The molecular weight excluding hydrogens is 260 g/mol. The third-order valence-electron chi connectivity index (χ3n) is 1.64. The average molecular weight is 269 g/mol. The fourth-order valence-electron chi connectivity index (χ4n) is 0.966. The van der Waals surface area contributed by atoms with E-state index in [1.165, 1.54) is 12.1 Å². The molecule has 13 heavy (non-hydrogen) atoms. The summed E-state index contributed by atoms with van der Waals surface area (Å²) in [7, 11) is 0. The van der Waals surface area contributed by atoms with Crippen molar-refractivity contribution in [2.45, 2.75) is 6.10 Å². The van der Waals surface area contributed by atoms with Gasteiger partial charge in [0.1, 0.15) is 5.82 Å². The van der Waals surface area contributed by atoms with Gasteiger partial charge in [-0.1, -0.05) is 11.6 Å². The summed E-state index contributed by atoms with van der Waals surface area (Å²) < 4.78 is 13.5. The molecule has 1 rings (SSSR count). The zero-order valence-electron chi connectivity index (χ0n) is 6.60. The van der Waals surface area contributed by atoms with Gasteiger partial charge in [0.2, 0.25) is 0 Å². The Kier molecular flexibility index (Phi) is 3.67. The Morgan fingerprint density at radius 3 is 2.77 bits per heavy atom. The van der Waals surface area contributed by atoms with E-state index < -0.39 is 11.9 Å². The van der Waals surface area contributed by atoms with Crippen LogP contribution >= 0.6 is 27.5 Å². The fraction of sp³-hybridized carbons (Fsp3) is 0.250. The lowest BCUT2D eigenvalue weighted by molar-refractivity contribution is 0.181. The van der Waals surface area contributed by atoms with Crippen LogP contribution in [0.2, 0.25) is 5.02 Å². The normalized spacial score (nSPS) is 13.0. The van der Waals surface area contributed by atoms with Crippen molar-refractivity contribution < 1.29 is 9.50 Å². The minimum Gasteiger partial charge on any atom is -0.387 e. The summed E-state index contributed by atoms with van der Waals surface area (Å²) in [6.45, 7) is -0.0458. The van der Waals surface area contributed by atoms with Crippen LogP contribution in [-0.4, -0.2) is 11.7 Å². The van der Waals surface area contributed by atoms with Crippen molar-refractivity contribution in [3.8, 4) is 0 Å². The van der Waals surface area contributed by atoms with Gasteiger partial charge >= 0.3 is 0 Å². The molecule has 1 aromatic carbocycles. The van der Waals surface area contributed by atoms with Crippen molar-refractivity contribution in [2.75, 3.05) is 6.54 Å². The predicted molar refractivity (Wildman–Crippen MR) is 53.1 cm³/mol. The first-order valence-corrected chi connectivity index (χ1v) is 4.76. The molecule has 2 nitrogen and oxygen atoms in total. The van der Waals surface area contributed by atoms with E-state index in [4.69, 9.17) is 17.3 Å². The molecule has 0 radical (unpaired) electrons. The average Bonchev–Trinajstić information content (AvgIpc) is 2.12. The molecule has 1 aromatic rings. The maximum absolute atomic E-state index is 13.2. The summed E-state index contributed by atoms with van der Waals surface area (Å²) in [4.78, 5) is 0. The molecule has 0 spiro atoms. The molecule has 3 N–H and O–H groups in total. The van der Waals surface area contributed by atoms with E-state index in [0.29, 0.717) is 9.50 Å². The number of benzene rings is 1. The summed E-state index contributed by atoms with van der Waals surface area (Å²) >= 11 is 8.81. The van der Waals surface area contributed by atoms with Crippen LogP contribution in [0.5, 0.6) is 0 Å². The van der Waals surface area contributed by atoms with Crippen LogP contribution in [0.4, 0.5) is 4.39 Å². The Labute approximate surface area is 88.6 Å². The van der Waals surface area contributed by atoms with E-state index in [9.17, 15) is 9.50 Å². The molecule has 0 aliphatic rings. The Morgan fingerprint density at radius 2 is 2.23 bits per heavy atom. The molecule has 0 saturated carbocycles. The summed E-state index contributed by atoms with van der Waals surface area (Å²) in [5, 5.41) is 9.71. The third kappa shape index (κ3) is 2.20. The lowest BCUT2D eigenvalue weighted by Crippen LogP contribution is -2.13. The highest BCUT2D eigenvalue weighted by atomic mass is 79.9. The SMILES string of the molecule is NCC(O)c1c(F)ccc(Cl)c1Br. The predicted octanol–water partition coefficient (Wildman–Crippen LogP) is 2.23. The lowest BCUT2D eigenvalue weighted by atomic mass is 10.1. The number of hydrogen-bond acceptors (Lipinski definition) is 2. The van der Waals surface area contributed by atoms with Crippen molar-refractivity contribution in [2.24, 2.45) is 5.73 Å². The first-order chi connectivity index (χ1) is 6.07. The first-order valence-electron chi connectivity index (χ1n) is 3.59. The van der Waals surface area contributed by atoms with E-state index in [2.05, 4.69) is 15.9 Å². The topological polar surface area (TPSA) is 46.2 Å². The molecule has 5 heteroatoms. The van der Waals surface area contributed by atoms with Gasteiger partial charge in [0.25, 0.3) is 0 Å². The van der Waals surface area contributed by atoms with E-state index in [-0.39, 0.29) is 12.1 Å². The van der Waals surface area contributed by atoms with E-state index in [0.717, 1.165) is 0 Å². The van der Waals surface area contributed by atoms with Crippen LogP contribution in [-0.2, 0) is 0 Å². The molecule has 0 aliphatic carbocycles. The second-order valence-corrected chi connectivity index (χ2v) is 3.71. The third-order valence-corrected chi connectivity index (χ3v) is 3.03. The summed E-state index contributed by atoms with van der Waals surface area (Å²) in [6.07, 6.45) is -1.03. The Morgan fingerprint density at radius 1 is 1.62 bits per heavy atom. The number of nitrogens with two attached hydrogens (primary N) is 1. The van der Waals surface area contributed by atoms with E-state index in [1.54, 1.807) is 0 Å². The van der Waals surface area contributed by atoms with Crippen molar-refractivity contribution in [1.29, 1.82) is 0 Å². The van der Waals surface area contributed by atoms with Crippen LogP contribution in [0, 0.1) is 5.82 Å². The largest absolute Gasteiger partial charge is 0.387 e. The second-order valence-electron chi connectivity index (χ2n) is 2.51. The summed E-state index contributed by atoms with van der Waals surface area (Å²) in [6, 6.07) is 2.61. The molecule has 72 valence electrons. The quantitative estimate of drug-likeness (QED) is 0.808. The smallest absolute Gasteiger partial charge is 0.130 e. The molecule has 0 aliphatic heterocycles. The van der Waals surface area contributed by atoms with Gasteiger partial charge in [-0.2, -0.15) is 0 Å². The number of hydrogen-bond donors (Lipinski definition) is 2. The molecule has 0 fully saturated rings. The number of aliphatic hydroxyl groups excluding tert-OH is 1. The van der Waals surface area contributed by atoms with Crippen molar-refractivity contribution >= 4 is 27.5 Å². The van der Waals surface area contributed by atoms with Gasteiger partial charge in [0, 0.05) is 16.6 Å². The van der Waals surface area contributed by atoms with E-state index in [1.807, 2.05) is 0 Å². The zero-order valence-corrected chi connectivity index (χ0v) is 8.94. The maximum Gasteiger partial charge on any atom is 0.130 e. The van der Waals surface area contributed by atoms with Crippen LogP contribution in [0.25, 0.3) is 0 Å². The van der Waals surface area contributed by atoms with Gasteiger partial charge in [-0.15, -0.1) is 0 Å². The summed E-state index contributed by atoms with van der Waals surface area (Å²) in [5.41, 5.74) is 5.32. The molecule has 0 aromatic heterocycles.